The van der Waals surface area contributed by atoms with Crippen LogP contribution in [0.1, 0.15) is 41.4 Å². The zero-order chi connectivity index (χ0) is 16.6. The van der Waals surface area contributed by atoms with Crippen LogP contribution in [0.15, 0.2) is 24.3 Å². The maximum absolute atomic E-state index is 12.9. The number of nitrogens with two attached hydrogens (primary N) is 1. The fraction of sp³-hybridized carbons (Fsp3) is 0.474. The highest BCUT2D eigenvalue weighted by Crippen LogP contribution is 2.23. The highest BCUT2D eigenvalue weighted by molar-refractivity contribution is 5.98. The van der Waals surface area contributed by atoms with E-state index in [1.807, 2.05) is 30.9 Å². The van der Waals surface area contributed by atoms with Gasteiger partial charge in [0.1, 0.15) is 0 Å². The molecule has 2 heterocycles. The topological polar surface area (TPSA) is 59.2 Å². The van der Waals surface area contributed by atoms with Crippen LogP contribution in [0.4, 0.5) is 0 Å². The Bertz CT molecular complexity index is 739. The van der Waals surface area contributed by atoms with Crippen LogP contribution in [0.25, 0.3) is 10.9 Å². The smallest absolute Gasteiger partial charge is 0.255 e. The Morgan fingerprint density at radius 2 is 2.13 bits per heavy atom. The minimum atomic E-state index is 0.0859. The first-order valence-corrected chi connectivity index (χ1v) is 8.38. The van der Waals surface area contributed by atoms with E-state index >= 15 is 0 Å². The van der Waals surface area contributed by atoms with Crippen LogP contribution in [0.3, 0.4) is 0 Å². The minimum absolute atomic E-state index is 0.0859. The molecule has 0 unspecified atom stereocenters. The summed E-state index contributed by atoms with van der Waals surface area (Å²) in [6, 6.07) is 8.26. The van der Waals surface area contributed by atoms with E-state index in [9.17, 15) is 4.79 Å². The number of aromatic nitrogens is 1. The molecular formula is C19H25N3O. The second-order valence-corrected chi connectivity index (χ2v) is 6.83. The number of carbonyl (C=O) groups is 1. The summed E-state index contributed by atoms with van der Waals surface area (Å²) >= 11 is 0. The molecule has 1 amide bonds. The maximum Gasteiger partial charge on any atom is 0.255 e. The molecule has 4 nitrogen and oxygen atoms in total. The van der Waals surface area contributed by atoms with Gasteiger partial charge in [0.25, 0.3) is 5.91 Å². The van der Waals surface area contributed by atoms with E-state index in [0.29, 0.717) is 11.5 Å². The van der Waals surface area contributed by atoms with Crippen molar-refractivity contribution < 1.29 is 4.79 Å². The average molecular weight is 311 g/mol. The van der Waals surface area contributed by atoms with Crippen molar-refractivity contribution in [2.45, 2.75) is 39.7 Å². The second kappa shape index (κ2) is 6.28. The molecule has 0 spiro atoms. The van der Waals surface area contributed by atoms with Crippen molar-refractivity contribution in [3.05, 3.63) is 41.1 Å². The highest BCUT2D eigenvalue weighted by Gasteiger charge is 2.27. The lowest BCUT2D eigenvalue weighted by atomic mass is 9.91. The van der Waals surface area contributed by atoms with Crippen molar-refractivity contribution >= 4 is 16.8 Å². The molecule has 0 radical (unpaired) electrons. The standard InChI is InChI=1S/C19H25N3O/c1-12-6-7-15-10-17(14(3)21-18(15)9-12)19(23)22-8-4-5-16(11-22)13(2)20/h6-7,9-10,13,16H,4-5,8,11,20H2,1-3H3/t13-,16-/m1/s1. The Morgan fingerprint density at radius 3 is 2.87 bits per heavy atom. The lowest BCUT2D eigenvalue weighted by molar-refractivity contribution is 0.0660. The fourth-order valence-corrected chi connectivity index (χ4v) is 3.38. The predicted octanol–water partition coefficient (Wildman–Crippen LogP) is 3.05. The number of piperidine rings is 1. The largest absolute Gasteiger partial charge is 0.338 e. The van der Waals surface area contributed by atoms with E-state index in [2.05, 4.69) is 24.0 Å². The molecule has 0 aliphatic carbocycles. The van der Waals surface area contributed by atoms with Gasteiger partial charge >= 0.3 is 0 Å². The number of likely N-dealkylation sites (tertiary alicyclic amines) is 1. The van der Waals surface area contributed by atoms with Crippen LogP contribution in [-0.2, 0) is 0 Å². The molecule has 0 saturated carbocycles. The Hall–Kier alpha value is -1.94. The van der Waals surface area contributed by atoms with Gasteiger partial charge in [-0.05, 0) is 57.2 Å². The minimum Gasteiger partial charge on any atom is -0.338 e. The molecule has 122 valence electrons. The van der Waals surface area contributed by atoms with Gasteiger partial charge in [0.2, 0.25) is 0 Å². The summed E-state index contributed by atoms with van der Waals surface area (Å²) in [5.41, 5.74) is 9.68. The van der Waals surface area contributed by atoms with Gasteiger partial charge in [-0.15, -0.1) is 0 Å². The van der Waals surface area contributed by atoms with E-state index in [0.717, 1.165) is 42.5 Å². The molecule has 1 aromatic heterocycles. The zero-order valence-corrected chi connectivity index (χ0v) is 14.2. The van der Waals surface area contributed by atoms with E-state index in [-0.39, 0.29) is 11.9 Å². The monoisotopic (exact) mass is 311 g/mol. The molecule has 2 N–H and O–H groups in total. The van der Waals surface area contributed by atoms with Crippen LogP contribution in [-0.4, -0.2) is 34.9 Å². The number of pyridine rings is 1. The molecule has 1 aliphatic rings. The molecule has 1 saturated heterocycles. The molecule has 4 heteroatoms. The van der Waals surface area contributed by atoms with Crippen molar-refractivity contribution in [3.8, 4) is 0 Å². The molecule has 2 atom stereocenters. The Kier molecular flexibility index (Phi) is 4.35. The lowest BCUT2D eigenvalue weighted by Gasteiger charge is -2.34. The van der Waals surface area contributed by atoms with Crippen LogP contribution < -0.4 is 5.73 Å². The SMILES string of the molecule is Cc1ccc2cc(C(=O)N3CCC[C@@H]([C@@H](C)N)C3)c(C)nc2c1. The number of nitrogens with zero attached hydrogens (tertiary/aromatic N) is 2. The molecule has 1 aromatic carbocycles. The third-order valence-electron chi connectivity index (χ3n) is 4.88. The highest BCUT2D eigenvalue weighted by atomic mass is 16.2. The Labute approximate surface area is 137 Å². The lowest BCUT2D eigenvalue weighted by Crippen LogP contribution is -2.45. The summed E-state index contributed by atoms with van der Waals surface area (Å²) in [5.74, 6) is 0.479. The van der Waals surface area contributed by atoms with Crippen molar-refractivity contribution in [2.24, 2.45) is 11.7 Å². The third-order valence-corrected chi connectivity index (χ3v) is 4.88. The normalized spacial score (nSPS) is 19.8. The van der Waals surface area contributed by atoms with E-state index in [1.54, 1.807) is 0 Å². The van der Waals surface area contributed by atoms with Gasteiger partial charge in [0.05, 0.1) is 16.8 Å². The van der Waals surface area contributed by atoms with Crippen LogP contribution in [0.5, 0.6) is 0 Å². The molecule has 23 heavy (non-hydrogen) atoms. The first-order chi connectivity index (χ1) is 11.0. The van der Waals surface area contributed by atoms with Gasteiger partial charge in [-0.2, -0.15) is 0 Å². The van der Waals surface area contributed by atoms with Crippen molar-refractivity contribution in [1.29, 1.82) is 0 Å². The number of benzene rings is 1. The Balaban J connectivity index is 1.91. The molecule has 2 aromatic rings. The number of amides is 1. The molecule has 1 fully saturated rings. The quantitative estimate of drug-likeness (QED) is 0.927. The van der Waals surface area contributed by atoms with Gasteiger partial charge in [-0.25, -0.2) is 0 Å². The number of hydrogen-bond acceptors (Lipinski definition) is 3. The molecule has 0 bridgehead atoms. The summed E-state index contributed by atoms with van der Waals surface area (Å²) in [6.45, 7) is 7.57. The number of fused-ring (bicyclic) bond motifs is 1. The molecule has 3 rings (SSSR count). The molecular weight excluding hydrogens is 286 g/mol. The summed E-state index contributed by atoms with van der Waals surface area (Å²) in [7, 11) is 0. The van der Waals surface area contributed by atoms with Crippen molar-refractivity contribution in [1.82, 2.24) is 9.88 Å². The van der Waals surface area contributed by atoms with E-state index in [4.69, 9.17) is 5.73 Å². The predicted molar refractivity (Wildman–Crippen MR) is 93.5 cm³/mol. The fourth-order valence-electron chi connectivity index (χ4n) is 3.38. The second-order valence-electron chi connectivity index (χ2n) is 6.83. The first-order valence-electron chi connectivity index (χ1n) is 8.38. The number of hydrogen-bond donors (Lipinski definition) is 1. The number of rotatable bonds is 2. The Morgan fingerprint density at radius 1 is 1.35 bits per heavy atom. The summed E-state index contributed by atoms with van der Waals surface area (Å²) in [6.07, 6.45) is 2.13. The summed E-state index contributed by atoms with van der Waals surface area (Å²) in [4.78, 5) is 19.5. The van der Waals surface area contributed by atoms with Gasteiger partial charge in [-0.1, -0.05) is 12.1 Å². The van der Waals surface area contributed by atoms with Gasteiger partial charge < -0.3 is 10.6 Å². The van der Waals surface area contributed by atoms with Gasteiger partial charge in [0.15, 0.2) is 0 Å². The van der Waals surface area contributed by atoms with Crippen molar-refractivity contribution in [2.75, 3.05) is 13.1 Å². The van der Waals surface area contributed by atoms with Crippen LogP contribution in [0.2, 0.25) is 0 Å². The summed E-state index contributed by atoms with van der Waals surface area (Å²) < 4.78 is 0. The van der Waals surface area contributed by atoms with E-state index in [1.165, 1.54) is 5.56 Å². The first kappa shape index (κ1) is 15.9. The van der Waals surface area contributed by atoms with Gasteiger partial charge in [0, 0.05) is 24.5 Å². The maximum atomic E-state index is 12.9. The molecule has 1 aliphatic heterocycles. The number of carbonyl (C=O) groups excluding carboxylic acids is 1. The third kappa shape index (κ3) is 3.22. The van der Waals surface area contributed by atoms with Crippen LogP contribution in [0, 0.1) is 19.8 Å². The van der Waals surface area contributed by atoms with Crippen molar-refractivity contribution in [3.63, 3.8) is 0 Å². The van der Waals surface area contributed by atoms with Gasteiger partial charge in [-0.3, -0.25) is 9.78 Å². The summed E-state index contributed by atoms with van der Waals surface area (Å²) in [5, 5.41) is 1.02. The van der Waals surface area contributed by atoms with Crippen LogP contribution >= 0.6 is 0 Å². The zero-order valence-electron chi connectivity index (χ0n) is 14.2. The average Bonchev–Trinajstić information content (AvgIpc) is 2.53. The van der Waals surface area contributed by atoms with E-state index < -0.39 is 0 Å². The number of aryl methyl sites for hydroxylation is 2.